The summed E-state index contributed by atoms with van der Waals surface area (Å²) < 4.78 is 14.5. The van der Waals surface area contributed by atoms with Gasteiger partial charge in [0.05, 0.1) is 0 Å². The number of nitrogen functional groups attached to an aromatic ring is 1. The normalized spacial score (nSPS) is 10.4. The molecule has 18 heavy (non-hydrogen) atoms. The minimum absolute atomic E-state index is 0.208. The number of hydrogen-bond acceptors (Lipinski definition) is 2. The minimum atomic E-state index is -0.208. The molecule has 2 N–H and O–H groups in total. The van der Waals surface area contributed by atoms with Crippen LogP contribution in [0.4, 0.5) is 15.8 Å². The third-order valence-corrected chi connectivity index (χ3v) is 3.23. The van der Waals surface area contributed by atoms with Crippen molar-refractivity contribution in [3.63, 3.8) is 0 Å². The van der Waals surface area contributed by atoms with Gasteiger partial charge in [-0.25, -0.2) is 4.39 Å². The Labute approximate surface area is 114 Å². The van der Waals surface area contributed by atoms with Crippen molar-refractivity contribution in [2.75, 3.05) is 17.7 Å². The Kier molecular flexibility index (Phi) is 3.87. The zero-order chi connectivity index (χ0) is 13.1. The molecule has 0 aliphatic heterocycles. The summed E-state index contributed by atoms with van der Waals surface area (Å²) in [5.41, 5.74) is 8.06. The smallest absolute Gasteiger partial charge is 0.129 e. The van der Waals surface area contributed by atoms with Crippen molar-refractivity contribution in [2.45, 2.75) is 6.54 Å². The van der Waals surface area contributed by atoms with Gasteiger partial charge >= 0.3 is 0 Å². The Morgan fingerprint density at radius 2 is 2.00 bits per heavy atom. The van der Waals surface area contributed by atoms with Gasteiger partial charge < -0.3 is 10.6 Å². The largest absolute Gasteiger partial charge is 0.399 e. The summed E-state index contributed by atoms with van der Waals surface area (Å²) in [6.45, 7) is 0.503. The Morgan fingerprint density at radius 1 is 1.22 bits per heavy atom. The second kappa shape index (κ2) is 5.40. The summed E-state index contributed by atoms with van der Waals surface area (Å²) in [6.07, 6.45) is 0. The van der Waals surface area contributed by atoms with Crippen molar-refractivity contribution in [2.24, 2.45) is 0 Å². The lowest BCUT2D eigenvalue weighted by Crippen LogP contribution is -2.17. The quantitative estimate of drug-likeness (QED) is 0.874. The number of nitrogens with two attached hydrogens (primary N) is 1. The third-order valence-electron chi connectivity index (χ3n) is 2.73. The van der Waals surface area contributed by atoms with Gasteiger partial charge in [-0.3, -0.25) is 0 Å². The van der Waals surface area contributed by atoms with E-state index in [1.807, 2.05) is 42.3 Å². The number of rotatable bonds is 3. The summed E-state index contributed by atoms with van der Waals surface area (Å²) in [4.78, 5) is 1.96. The standard InChI is InChI=1S/C14H14BrFN2/c1-18(13-4-2-3-12(17)8-13)9-10-5-6-11(15)7-14(10)16/h2-8H,9,17H2,1H3. The van der Waals surface area contributed by atoms with Crippen LogP contribution in [-0.4, -0.2) is 7.05 Å². The molecule has 0 aromatic heterocycles. The molecule has 0 fully saturated rings. The van der Waals surface area contributed by atoms with Crippen LogP contribution in [0, 0.1) is 5.82 Å². The van der Waals surface area contributed by atoms with Crippen molar-refractivity contribution in [3.8, 4) is 0 Å². The fourth-order valence-electron chi connectivity index (χ4n) is 1.76. The van der Waals surface area contributed by atoms with E-state index in [0.717, 1.165) is 10.2 Å². The SMILES string of the molecule is CN(Cc1ccc(Br)cc1F)c1cccc(N)c1. The highest BCUT2D eigenvalue weighted by Crippen LogP contribution is 2.21. The Bertz CT molecular complexity index is 557. The predicted molar refractivity (Wildman–Crippen MR) is 77.1 cm³/mol. The van der Waals surface area contributed by atoms with Crippen molar-refractivity contribution < 1.29 is 4.39 Å². The summed E-state index contributed by atoms with van der Waals surface area (Å²) in [5, 5.41) is 0. The van der Waals surface area contributed by atoms with Gasteiger partial charge in [0.2, 0.25) is 0 Å². The fraction of sp³-hybridized carbons (Fsp3) is 0.143. The van der Waals surface area contributed by atoms with Crippen LogP contribution < -0.4 is 10.6 Å². The van der Waals surface area contributed by atoms with Crippen LogP contribution >= 0.6 is 15.9 Å². The van der Waals surface area contributed by atoms with Gasteiger partial charge in [-0.2, -0.15) is 0 Å². The fourth-order valence-corrected chi connectivity index (χ4v) is 2.09. The highest BCUT2D eigenvalue weighted by molar-refractivity contribution is 9.10. The van der Waals surface area contributed by atoms with Gasteiger partial charge in [-0.15, -0.1) is 0 Å². The molecule has 2 aromatic rings. The molecule has 2 nitrogen and oxygen atoms in total. The maximum atomic E-state index is 13.7. The Balaban J connectivity index is 2.18. The van der Waals surface area contributed by atoms with E-state index >= 15 is 0 Å². The van der Waals surface area contributed by atoms with E-state index in [0.29, 0.717) is 17.8 Å². The molecule has 0 saturated carbocycles. The number of benzene rings is 2. The van der Waals surface area contributed by atoms with Crippen molar-refractivity contribution in [3.05, 3.63) is 58.3 Å². The van der Waals surface area contributed by atoms with Gasteiger partial charge in [0.25, 0.3) is 0 Å². The van der Waals surface area contributed by atoms with Crippen molar-refractivity contribution in [1.82, 2.24) is 0 Å². The maximum Gasteiger partial charge on any atom is 0.129 e. The summed E-state index contributed by atoms with van der Waals surface area (Å²) in [7, 11) is 1.91. The second-order valence-corrected chi connectivity index (χ2v) is 5.10. The van der Waals surface area contributed by atoms with E-state index in [1.54, 1.807) is 6.07 Å². The molecule has 0 heterocycles. The van der Waals surface area contributed by atoms with Gasteiger partial charge in [0, 0.05) is 35.0 Å². The molecule has 0 aliphatic rings. The molecule has 2 aromatic carbocycles. The molecule has 0 radical (unpaired) electrons. The molecule has 0 saturated heterocycles. The van der Waals surface area contributed by atoms with Crippen molar-refractivity contribution in [1.29, 1.82) is 0 Å². The molecule has 4 heteroatoms. The zero-order valence-corrected chi connectivity index (χ0v) is 11.6. The first kappa shape index (κ1) is 12.9. The molecule has 94 valence electrons. The maximum absolute atomic E-state index is 13.7. The Morgan fingerprint density at radius 3 is 2.67 bits per heavy atom. The lowest BCUT2D eigenvalue weighted by Gasteiger charge is -2.20. The highest BCUT2D eigenvalue weighted by Gasteiger charge is 2.07. The van der Waals surface area contributed by atoms with Gasteiger partial charge in [-0.05, 0) is 30.3 Å². The molecule has 0 atom stereocenters. The van der Waals surface area contributed by atoms with Crippen LogP contribution in [0.1, 0.15) is 5.56 Å². The van der Waals surface area contributed by atoms with E-state index in [-0.39, 0.29) is 5.82 Å². The predicted octanol–water partition coefficient (Wildman–Crippen LogP) is 3.81. The number of anilines is 2. The summed E-state index contributed by atoms with van der Waals surface area (Å²) in [5.74, 6) is -0.208. The van der Waals surface area contributed by atoms with Gasteiger partial charge in [0.1, 0.15) is 5.82 Å². The number of nitrogens with zero attached hydrogens (tertiary/aromatic N) is 1. The van der Waals surface area contributed by atoms with E-state index < -0.39 is 0 Å². The van der Waals surface area contributed by atoms with Crippen LogP contribution in [0.2, 0.25) is 0 Å². The first-order valence-electron chi connectivity index (χ1n) is 5.57. The van der Waals surface area contributed by atoms with Gasteiger partial charge in [-0.1, -0.05) is 28.1 Å². The Hall–Kier alpha value is -1.55. The molecule has 0 amide bonds. The van der Waals surface area contributed by atoms with Crippen LogP contribution in [0.3, 0.4) is 0 Å². The van der Waals surface area contributed by atoms with Gasteiger partial charge in [0.15, 0.2) is 0 Å². The molecule has 0 aliphatic carbocycles. The molecule has 2 rings (SSSR count). The molecular formula is C14H14BrFN2. The highest BCUT2D eigenvalue weighted by atomic mass is 79.9. The first-order valence-corrected chi connectivity index (χ1v) is 6.36. The van der Waals surface area contributed by atoms with E-state index in [4.69, 9.17) is 5.73 Å². The average molecular weight is 309 g/mol. The van der Waals surface area contributed by atoms with Crippen LogP contribution in [0.5, 0.6) is 0 Å². The van der Waals surface area contributed by atoms with Crippen LogP contribution in [0.25, 0.3) is 0 Å². The minimum Gasteiger partial charge on any atom is -0.399 e. The van der Waals surface area contributed by atoms with E-state index in [2.05, 4.69) is 15.9 Å². The third kappa shape index (κ3) is 3.01. The number of hydrogen-bond donors (Lipinski definition) is 1. The monoisotopic (exact) mass is 308 g/mol. The zero-order valence-electron chi connectivity index (χ0n) is 10.0. The lowest BCUT2D eigenvalue weighted by atomic mass is 10.2. The summed E-state index contributed by atoms with van der Waals surface area (Å²) in [6, 6.07) is 12.6. The van der Waals surface area contributed by atoms with E-state index in [9.17, 15) is 4.39 Å². The lowest BCUT2D eigenvalue weighted by molar-refractivity contribution is 0.607. The topological polar surface area (TPSA) is 29.3 Å². The van der Waals surface area contributed by atoms with Crippen LogP contribution in [0.15, 0.2) is 46.9 Å². The second-order valence-electron chi connectivity index (χ2n) is 4.19. The van der Waals surface area contributed by atoms with Crippen LogP contribution in [-0.2, 0) is 6.54 Å². The first-order chi connectivity index (χ1) is 8.56. The summed E-state index contributed by atoms with van der Waals surface area (Å²) >= 11 is 3.25. The van der Waals surface area contributed by atoms with E-state index in [1.165, 1.54) is 6.07 Å². The molecular weight excluding hydrogens is 295 g/mol. The average Bonchev–Trinajstić information content (AvgIpc) is 2.32. The number of halogens is 2. The molecule has 0 bridgehead atoms. The molecule has 0 spiro atoms. The van der Waals surface area contributed by atoms with Crippen molar-refractivity contribution >= 4 is 27.3 Å². The molecule has 0 unspecified atom stereocenters.